The summed E-state index contributed by atoms with van der Waals surface area (Å²) in [5.41, 5.74) is 2.20. The van der Waals surface area contributed by atoms with Crippen molar-refractivity contribution in [2.24, 2.45) is 5.92 Å². The fourth-order valence-electron chi connectivity index (χ4n) is 3.52. The van der Waals surface area contributed by atoms with E-state index in [1.54, 1.807) is 18.5 Å². The number of aryl methyl sites for hydroxylation is 1. The van der Waals surface area contributed by atoms with Gasteiger partial charge in [0.15, 0.2) is 0 Å². The highest BCUT2D eigenvalue weighted by Crippen LogP contribution is 2.32. The summed E-state index contributed by atoms with van der Waals surface area (Å²) in [7, 11) is 0. The van der Waals surface area contributed by atoms with E-state index in [2.05, 4.69) is 20.1 Å². The summed E-state index contributed by atoms with van der Waals surface area (Å²) in [5, 5.41) is 6.38. The van der Waals surface area contributed by atoms with Crippen molar-refractivity contribution >= 4 is 28.3 Å². The van der Waals surface area contributed by atoms with Gasteiger partial charge >= 0.3 is 5.97 Å². The predicted octanol–water partition coefficient (Wildman–Crippen LogP) is 5.92. The maximum Gasteiger partial charge on any atom is 0.306 e. The third-order valence-corrected chi connectivity index (χ3v) is 5.37. The Kier molecular flexibility index (Phi) is 7.60. The van der Waals surface area contributed by atoms with E-state index < -0.39 is 0 Å². The molecule has 1 aromatic carbocycles. The molecular weight excluding hydrogens is 468 g/mol. The van der Waals surface area contributed by atoms with Crippen LogP contribution in [-0.2, 0) is 16.0 Å². The van der Waals surface area contributed by atoms with Crippen molar-refractivity contribution in [3.8, 4) is 28.7 Å². The molecule has 0 amide bonds. The van der Waals surface area contributed by atoms with Gasteiger partial charge in [0.1, 0.15) is 5.02 Å². The maximum atomic E-state index is 12.1. The van der Waals surface area contributed by atoms with Gasteiger partial charge in [0, 0.05) is 35.5 Å². The van der Waals surface area contributed by atoms with Crippen LogP contribution in [0.3, 0.4) is 0 Å². The van der Waals surface area contributed by atoms with E-state index in [4.69, 9.17) is 25.6 Å². The Labute approximate surface area is 208 Å². The topological polar surface area (TPSA) is 100 Å². The van der Waals surface area contributed by atoms with Crippen LogP contribution in [0.1, 0.15) is 39.8 Å². The van der Waals surface area contributed by atoms with Gasteiger partial charge in [0.05, 0.1) is 24.7 Å². The second-order valence-corrected chi connectivity index (χ2v) is 9.24. The van der Waals surface area contributed by atoms with Gasteiger partial charge in [-0.3, -0.25) is 9.78 Å². The van der Waals surface area contributed by atoms with Crippen molar-refractivity contribution < 1.29 is 18.8 Å². The van der Waals surface area contributed by atoms with Crippen molar-refractivity contribution in [2.45, 2.75) is 46.6 Å². The molecule has 9 heteroatoms. The molecule has 0 radical (unpaired) electrons. The van der Waals surface area contributed by atoms with Crippen LogP contribution in [0.4, 0.5) is 0 Å². The lowest BCUT2D eigenvalue weighted by Crippen LogP contribution is -2.11. The zero-order valence-corrected chi connectivity index (χ0v) is 20.9. The summed E-state index contributed by atoms with van der Waals surface area (Å²) in [6.45, 7) is 8.23. The quantitative estimate of drug-likeness (QED) is 0.264. The number of hydrogen-bond acceptors (Lipinski definition) is 8. The van der Waals surface area contributed by atoms with Gasteiger partial charge in [-0.15, -0.1) is 0 Å². The normalized spacial score (nSPS) is 11.4. The largest absolute Gasteiger partial charge is 0.474 e. The molecule has 8 nitrogen and oxygen atoms in total. The highest BCUT2D eigenvalue weighted by molar-refractivity contribution is 6.32. The number of rotatable bonds is 9. The summed E-state index contributed by atoms with van der Waals surface area (Å²) >= 11 is 6.31. The summed E-state index contributed by atoms with van der Waals surface area (Å²) < 4.78 is 16.4. The lowest BCUT2D eigenvalue weighted by atomic mass is 10.0. The lowest BCUT2D eigenvalue weighted by Gasteiger charge is -2.10. The van der Waals surface area contributed by atoms with Gasteiger partial charge in [0.25, 0.3) is 5.89 Å². The molecule has 0 unspecified atom stereocenters. The minimum atomic E-state index is -0.228. The van der Waals surface area contributed by atoms with Crippen molar-refractivity contribution in [2.75, 3.05) is 6.61 Å². The van der Waals surface area contributed by atoms with Crippen molar-refractivity contribution in [1.82, 2.24) is 20.1 Å². The minimum absolute atomic E-state index is 0.0442. The van der Waals surface area contributed by atoms with E-state index in [0.717, 1.165) is 22.0 Å². The fraction of sp³-hybridized carbons (Fsp3) is 0.346. The molecule has 4 rings (SSSR count). The average molecular weight is 495 g/mol. The van der Waals surface area contributed by atoms with E-state index >= 15 is 0 Å². The SMILES string of the molecule is CC(C)COC(=O)CCc1nccc2c(-c3noc(-c4cnc(OC(C)C)c(Cl)c4)n3)cccc12. The van der Waals surface area contributed by atoms with Crippen LogP contribution in [0, 0.1) is 5.92 Å². The summed E-state index contributed by atoms with van der Waals surface area (Å²) in [6, 6.07) is 9.39. The molecule has 0 bridgehead atoms. The van der Waals surface area contributed by atoms with Gasteiger partial charge in [-0.2, -0.15) is 4.98 Å². The van der Waals surface area contributed by atoms with Crippen molar-refractivity contribution in [3.05, 3.63) is 53.4 Å². The van der Waals surface area contributed by atoms with Gasteiger partial charge in [-0.05, 0) is 37.3 Å². The molecule has 3 aromatic heterocycles. The van der Waals surface area contributed by atoms with Crippen LogP contribution in [0.2, 0.25) is 5.02 Å². The molecule has 0 aliphatic carbocycles. The van der Waals surface area contributed by atoms with E-state index in [1.807, 2.05) is 52.0 Å². The summed E-state index contributed by atoms with van der Waals surface area (Å²) in [5.74, 6) is 1.15. The Morgan fingerprint density at radius 3 is 2.69 bits per heavy atom. The Hall–Kier alpha value is -3.52. The number of aromatic nitrogens is 4. The third-order valence-electron chi connectivity index (χ3n) is 5.10. The number of hydrogen-bond donors (Lipinski definition) is 0. The van der Waals surface area contributed by atoms with Crippen LogP contribution in [-0.4, -0.2) is 38.8 Å². The molecule has 0 fully saturated rings. The Balaban J connectivity index is 1.58. The highest BCUT2D eigenvalue weighted by Gasteiger charge is 2.17. The number of carbonyl (C=O) groups is 1. The van der Waals surface area contributed by atoms with E-state index in [-0.39, 0.29) is 18.5 Å². The molecule has 0 aliphatic rings. The molecule has 35 heavy (non-hydrogen) atoms. The molecule has 4 aromatic rings. The molecular formula is C26H27ClN4O4. The van der Waals surface area contributed by atoms with Gasteiger partial charge in [0.2, 0.25) is 11.7 Å². The van der Waals surface area contributed by atoms with Crippen LogP contribution in [0.25, 0.3) is 33.6 Å². The standard InChI is InChI=1S/C26H27ClN4O4/c1-15(2)14-33-23(32)9-8-22-19-6-5-7-20(18(19)10-11-28-22)24-30-25(35-31-24)17-12-21(27)26(29-13-17)34-16(3)4/h5-7,10-13,15-16H,8-9,14H2,1-4H3. The number of carbonyl (C=O) groups excluding carboxylic acids is 1. The molecule has 0 saturated carbocycles. The van der Waals surface area contributed by atoms with E-state index in [1.165, 1.54) is 0 Å². The summed E-state index contributed by atoms with van der Waals surface area (Å²) in [6.07, 6.45) is 4.00. The first-order chi connectivity index (χ1) is 16.8. The maximum absolute atomic E-state index is 12.1. The lowest BCUT2D eigenvalue weighted by molar-refractivity contribution is -0.144. The number of ether oxygens (including phenoxy) is 2. The van der Waals surface area contributed by atoms with Crippen LogP contribution in [0.15, 0.2) is 47.2 Å². The Morgan fingerprint density at radius 2 is 1.94 bits per heavy atom. The molecule has 0 saturated heterocycles. The van der Waals surface area contributed by atoms with Gasteiger partial charge in [-0.1, -0.05) is 48.8 Å². The molecule has 0 aliphatic heterocycles. The molecule has 182 valence electrons. The number of fused-ring (bicyclic) bond motifs is 1. The number of esters is 1. The van der Waals surface area contributed by atoms with Gasteiger partial charge in [-0.25, -0.2) is 4.98 Å². The number of benzene rings is 1. The van der Waals surface area contributed by atoms with Crippen molar-refractivity contribution in [3.63, 3.8) is 0 Å². The first kappa shape index (κ1) is 24.6. The highest BCUT2D eigenvalue weighted by atomic mass is 35.5. The van der Waals surface area contributed by atoms with Crippen LogP contribution < -0.4 is 4.74 Å². The van der Waals surface area contributed by atoms with Crippen LogP contribution in [0.5, 0.6) is 5.88 Å². The Morgan fingerprint density at radius 1 is 1.11 bits per heavy atom. The molecule has 3 heterocycles. The monoisotopic (exact) mass is 494 g/mol. The molecule has 0 atom stereocenters. The molecule has 0 spiro atoms. The Bertz CT molecular complexity index is 1340. The van der Waals surface area contributed by atoms with Gasteiger partial charge < -0.3 is 14.0 Å². The molecule has 0 N–H and O–H groups in total. The number of pyridine rings is 2. The zero-order chi connectivity index (χ0) is 24.9. The van der Waals surface area contributed by atoms with E-state index in [0.29, 0.717) is 47.1 Å². The second-order valence-electron chi connectivity index (χ2n) is 8.84. The number of halogens is 1. The predicted molar refractivity (Wildman–Crippen MR) is 133 cm³/mol. The number of nitrogens with zero attached hydrogens (tertiary/aromatic N) is 4. The first-order valence-corrected chi connectivity index (χ1v) is 11.9. The average Bonchev–Trinajstić information content (AvgIpc) is 3.32. The fourth-order valence-corrected chi connectivity index (χ4v) is 3.73. The van der Waals surface area contributed by atoms with Crippen LogP contribution >= 0.6 is 11.6 Å². The summed E-state index contributed by atoms with van der Waals surface area (Å²) in [4.78, 5) is 25.4. The second kappa shape index (κ2) is 10.8. The van der Waals surface area contributed by atoms with Crippen molar-refractivity contribution in [1.29, 1.82) is 0 Å². The zero-order valence-electron chi connectivity index (χ0n) is 20.1. The first-order valence-electron chi connectivity index (χ1n) is 11.5. The smallest absolute Gasteiger partial charge is 0.306 e. The van der Waals surface area contributed by atoms with E-state index in [9.17, 15) is 4.79 Å². The third kappa shape index (κ3) is 5.95. The minimum Gasteiger partial charge on any atom is -0.474 e.